The monoisotopic (exact) mass is 437 g/mol. The molecular weight excluding hydrogens is 407 g/mol. The zero-order valence-corrected chi connectivity index (χ0v) is 18.3. The molecule has 2 aliphatic rings. The van der Waals surface area contributed by atoms with Crippen molar-refractivity contribution in [1.82, 2.24) is 24.4 Å². The maximum Gasteiger partial charge on any atom is 0.433 e. The van der Waals surface area contributed by atoms with Gasteiger partial charge in [0, 0.05) is 30.8 Å². The van der Waals surface area contributed by atoms with Gasteiger partial charge in [0.05, 0.1) is 11.7 Å². The van der Waals surface area contributed by atoms with Gasteiger partial charge in [0.1, 0.15) is 5.69 Å². The maximum absolute atomic E-state index is 13.6. The highest BCUT2D eigenvalue weighted by Crippen LogP contribution is 2.33. The number of carbonyl (C=O) groups is 1. The summed E-state index contributed by atoms with van der Waals surface area (Å²) in [5.41, 5.74) is 0.363. The van der Waals surface area contributed by atoms with Crippen LogP contribution in [0.5, 0.6) is 0 Å². The Balaban J connectivity index is 1.55. The van der Waals surface area contributed by atoms with Crippen LogP contribution in [0.2, 0.25) is 0 Å². The molecule has 4 rings (SSSR count). The molecule has 0 spiro atoms. The van der Waals surface area contributed by atoms with Crippen molar-refractivity contribution >= 4 is 11.6 Å². The van der Waals surface area contributed by atoms with Crippen molar-refractivity contribution < 1.29 is 18.0 Å². The molecule has 0 aliphatic carbocycles. The van der Waals surface area contributed by atoms with E-state index in [9.17, 15) is 18.0 Å². The van der Waals surface area contributed by atoms with E-state index in [4.69, 9.17) is 0 Å². The molecule has 0 saturated carbocycles. The van der Waals surface area contributed by atoms with E-state index in [1.165, 1.54) is 6.42 Å². The Morgan fingerprint density at radius 3 is 2.45 bits per heavy atom. The molecule has 6 nitrogen and oxygen atoms in total. The van der Waals surface area contributed by atoms with Crippen LogP contribution in [0, 0.1) is 0 Å². The largest absolute Gasteiger partial charge is 0.433 e. The van der Waals surface area contributed by atoms with Gasteiger partial charge in [0.25, 0.3) is 0 Å². The summed E-state index contributed by atoms with van der Waals surface area (Å²) in [4.78, 5) is 21.5. The molecule has 1 amide bonds. The van der Waals surface area contributed by atoms with Gasteiger partial charge in [-0.1, -0.05) is 20.3 Å². The third kappa shape index (κ3) is 4.42. The minimum absolute atomic E-state index is 0.0808. The number of amides is 1. The zero-order valence-electron chi connectivity index (χ0n) is 18.3. The normalized spacial score (nSPS) is 21.9. The molecule has 2 aromatic rings. The predicted molar refractivity (Wildman–Crippen MR) is 111 cm³/mol. The van der Waals surface area contributed by atoms with Gasteiger partial charge in [0.2, 0.25) is 5.91 Å². The van der Waals surface area contributed by atoms with Crippen LogP contribution in [-0.2, 0) is 11.0 Å². The minimum Gasteiger partial charge on any atom is -0.341 e. The third-order valence-electron chi connectivity index (χ3n) is 6.56. The molecule has 0 bridgehead atoms. The predicted octanol–water partition coefficient (Wildman–Crippen LogP) is 4.06. The second kappa shape index (κ2) is 8.41. The van der Waals surface area contributed by atoms with Gasteiger partial charge in [-0.15, -0.1) is 0 Å². The standard InChI is InChI=1S/C22H30F3N5O/c1-14(2)17-11-19(22(23,24)25)30-20(26-17)12-18(27-30)16-7-10-29(13-16)21(31)15(3)28-8-5-4-6-9-28/h11-12,14-16H,4-10,13H2,1-3H3/t15-,16-/m1/s1. The summed E-state index contributed by atoms with van der Waals surface area (Å²) >= 11 is 0. The Morgan fingerprint density at radius 2 is 1.81 bits per heavy atom. The fraction of sp³-hybridized carbons (Fsp3) is 0.682. The van der Waals surface area contributed by atoms with E-state index >= 15 is 0 Å². The lowest BCUT2D eigenvalue weighted by Gasteiger charge is -2.33. The van der Waals surface area contributed by atoms with Gasteiger partial charge in [0.15, 0.2) is 5.65 Å². The maximum atomic E-state index is 13.6. The van der Waals surface area contributed by atoms with Gasteiger partial charge in [-0.3, -0.25) is 9.69 Å². The number of carbonyl (C=O) groups excluding carboxylic acids is 1. The molecule has 9 heteroatoms. The number of hydrogen-bond acceptors (Lipinski definition) is 4. The van der Waals surface area contributed by atoms with Crippen LogP contribution in [0.25, 0.3) is 5.65 Å². The summed E-state index contributed by atoms with van der Waals surface area (Å²) in [6, 6.07) is 2.57. The topological polar surface area (TPSA) is 53.7 Å². The van der Waals surface area contributed by atoms with Crippen LogP contribution in [-0.4, -0.2) is 62.5 Å². The van der Waals surface area contributed by atoms with Gasteiger partial charge >= 0.3 is 6.18 Å². The van der Waals surface area contributed by atoms with Crippen molar-refractivity contribution in [1.29, 1.82) is 0 Å². The Labute approximate surface area is 180 Å². The molecule has 0 radical (unpaired) electrons. The first-order valence-corrected chi connectivity index (χ1v) is 11.2. The second-order valence-electron chi connectivity index (χ2n) is 9.10. The summed E-state index contributed by atoms with van der Waals surface area (Å²) in [5.74, 6) is -0.104. The molecule has 2 aliphatic heterocycles. The fourth-order valence-corrected chi connectivity index (χ4v) is 4.64. The molecule has 0 aromatic carbocycles. The summed E-state index contributed by atoms with van der Waals surface area (Å²) in [6.07, 6.45) is -0.372. The molecule has 4 heterocycles. The van der Waals surface area contributed by atoms with E-state index in [1.807, 2.05) is 25.7 Å². The van der Waals surface area contributed by atoms with Crippen molar-refractivity contribution in [3.63, 3.8) is 0 Å². The van der Waals surface area contributed by atoms with E-state index < -0.39 is 11.9 Å². The zero-order chi connectivity index (χ0) is 22.3. The minimum atomic E-state index is -4.52. The Morgan fingerprint density at radius 1 is 1.10 bits per heavy atom. The van der Waals surface area contributed by atoms with Crippen molar-refractivity contribution in [3.05, 3.63) is 29.2 Å². The van der Waals surface area contributed by atoms with Crippen molar-refractivity contribution in [2.24, 2.45) is 0 Å². The van der Waals surface area contributed by atoms with Crippen LogP contribution < -0.4 is 0 Å². The third-order valence-corrected chi connectivity index (χ3v) is 6.56. The number of aromatic nitrogens is 3. The van der Waals surface area contributed by atoms with Gasteiger partial charge in [-0.05, 0) is 51.3 Å². The highest BCUT2D eigenvalue weighted by Gasteiger charge is 2.37. The summed E-state index contributed by atoms with van der Waals surface area (Å²) in [7, 11) is 0. The summed E-state index contributed by atoms with van der Waals surface area (Å²) in [6.45, 7) is 8.58. The summed E-state index contributed by atoms with van der Waals surface area (Å²) < 4.78 is 41.8. The molecule has 31 heavy (non-hydrogen) atoms. The molecule has 2 saturated heterocycles. The van der Waals surface area contributed by atoms with Gasteiger partial charge in [-0.2, -0.15) is 18.3 Å². The number of likely N-dealkylation sites (tertiary alicyclic amines) is 2. The number of fused-ring (bicyclic) bond motifs is 1. The van der Waals surface area contributed by atoms with Gasteiger partial charge < -0.3 is 4.90 Å². The van der Waals surface area contributed by atoms with Crippen LogP contribution in [0.1, 0.15) is 75.4 Å². The number of hydrogen-bond donors (Lipinski definition) is 0. The van der Waals surface area contributed by atoms with E-state index in [-0.39, 0.29) is 29.4 Å². The average Bonchev–Trinajstić information content (AvgIpc) is 3.38. The SMILES string of the molecule is CC(C)c1cc(C(F)(F)F)n2nc([C@@H]3CCN(C(=O)[C@@H](C)N4CCCCC4)C3)cc2n1. The summed E-state index contributed by atoms with van der Waals surface area (Å²) in [5, 5.41) is 4.28. The Hall–Kier alpha value is -2.16. The lowest BCUT2D eigenvalue weighted by atomic mass is 10.1. The molecule has 2 atom stereocenters. The number of alkyl halides is 3. The van der Waals surface area contributed by atoms with E-state index in [0.717, 1.165) is 36.5 Å². The smallest absolute Gasteiger partial charge is 0.341 e. The van der Waals surface area contributed by atoms with Crippen molar-refractivity contribution in [3.8, 4) is 0 Å². The van der Waals surface area contributed by atoms with E-state index in [1.54, 1.807) is 6.07 Å². The van der Waals surface area contributed by atoms with Crippen molar-refractivity contribution in [2.45, 2.75) is 70.5 Å². The molecule has 2 fully saturated rings. The first kappa shape index (κ1) is 22.0. The number of nitrogens with zero attached hydrogens (tertiary/aromatic N) is 5. The Kier molecular flexibility index (Phi) is 5.98. The van der Waals surface area contributed by atoms with Crippen LogP contribution in [0.4, 0.5) is 13.2 Å². The quantitative estimate of drug-likeness (QED) is 0.724. The van der Waals surface area contributed by atoms with Gasteiger partial charge in [-0.25, -0.2) is 9.50 Å². The second-order valence-corrected chi connectivity index (χ2v) is 9.10. The van der Waals surface area contributed by atoms with E-state index in [2.05, 4.69) is 15.0 Å². The van der Waals surface area contributed by atoms with E-state index in [0.29, 0.717) is 30.9 Å². The average molecular weight is 438 g/mol. The van der Waals surface area contributed by atoms with Crippen LogP contribution in [0.3, 0.4) is 0 Å². The first-order chi connectivity index (χ1) is 14.6. The number of rotatable bonds is 4. The number of halogens is 3. The van der Waals surface area contributed by atoms with Crippen LogP contribution in [0.15, 0.2) is 12.1 Å². The molecule has 0 unspecified atom stereocenters. The molecule has 2 aromatic heterocycles. The lowest BCUT2D eigenvalue weighted by molar-refractivity contribution is -0.142. The fourth-order valence-electron chi connectivity index (χ4n) is 4.64. The first-order valence-electron chi connectivity index (χ1n) is 11.2. The molecule has 170 valence electrons. The number of piperidine rings is 1. The van der Waals surface area contributed by atoms with Crippen LogP contribution >= 0.6 is 0 Å². The highest BCUT2D eigenvalue weighted by atomic mass is 19.4. The molecule has 0 N–H and O–H groups in total. The lowest BCUT2D eigenvalue weighted by Crippen LogP contribution is -2.48. The molecular formula is C22H30F3N5O. The highest BCUT2D eigenvalue weighted by molar-refractivity contribution is 5.81. The Bertz CT molecular complexity index is 949. The van der Waals surface area contributed by atoms with Crippen molar-refractivity contribution in [2.75, 3.05) is 26.2 Å².